The molecule has 2 N–H and O–H groups in total. The number of anilines is 2. The quantitative estimate of drug-likeness (QED) is 0.652. The largest absolute Gasteiger partial charge is 0.478 e. The molecule has 1 heterocycles. The molecule has 1 aliphatic heterocycles. The van der Waals surface area contributed by atoms with Gasteiger partial charge in [-0.25, -0.2) is 4.79 Å². The van der Waals surface area contributed by atoms with E-state index < -0.39 is 5.97 Å². The van der Waals surface area contributed by atoms with Gasteiger partial charge in [-0.05, 0) is 31.0 Å². The van der Waals surface area contributed by atoms with Crippen molar-refractivity contribution in [2.45, 2.75) is 25.7 Å². The molecule has 7 nitrogen and oxygen atoms in total. The second-order valence-electron chi connectivity index (χ2n) is 5.23. The minimum absolute atomic E-state index is 0.122. The summed E-state index contributed by atoms with van der Waals surface area (Å²) in [5, 5.41) is 30.4. The summed E-state index contributed by atoms with van der Waals surface area (Å²) in [5.41, 5.74) is 3.79. The number of hydrogen-bond donors (Lipinski definition) is 2. The molecule has 1 aliphatic rings. The first kappa shape index (κ1) is 16.3. The standard InChI is InChI=1S/C16H17N5O2/c17-10-13(11-18)19-20-14-9-12(16(22)23)5-6-15(14)21-7-3-1-2-4-8-21/h5-6,9,20H,1-4,7-8H2,(H,22,23). The number of rotatable bonds is 4. The number of carbonyl (C=O) groups is 1. The van der Waals surface area contributed by atoms with Crippen LogP contribution in [-0.4, -0.2) is 29.9 Å². The van der Waals surface area contributed by atoms with Crippen LogP contribution in [0.5, 0.6) is 0 Å². The molecule has 0 bridgehead atoms. The SMILES string of the molecule is N#CC(C#N)=NNc1cc(C(=O)O)ccc1N1CCCCCC1. The van der Waals surface area contributed by atoms with Crippen molar-refractivity contribution in [3.8, 4) is 12.1 Å². The Labute approximate surface area is 134 Å². The van der Waals surface area contributed by atoms with Crippen LogP contribution in [0.1, 0.15) is 36.0 Å². The molecule has 0 atom stereocenters. The van der Waals surface area contributed by atoms with Crippen LogP contribution in [0.4, 0.5) is 11.4 Å². The Hall–Kier alpha value is -3.06. The van der Waals surface area contributed by atoms with Gasteiger partial charge in [0.05, 0.1) is 16.9 Å². The van der Waals surface area contributed by atoms with Crippen molar-refractivity contribution >= 4 is 23.1 Å². The van der Waals surface area contributed by atoms with Crippen molar-refractivity contribution in [2.75, 3.05) is 23.4 Å². The van der Waals surface area contributed by atoms with Gasteiger partial charge in [0.15, 0.2) is 0 Å². The summed E-state index contributed by atoms with van der Waals surface area (Å²) < 4.78 is 0. The van der Waals surface area contributed by atoms with Crippen LogP contribution >= 0.6 is 0 Å². The fraction of sp³-hybridized carbons (Fsp3) is 0.375. The molecule has 0 saturated carbocycles. The summed E-state index contributed by atoms with van der Waals surface area (Å²) in [6.45, 7) is 1.77. The second kappa shape index (κ2) is 7.81. The van der Waals surface area contributed by atoms with Gasteiger partial charge in [0, 0.05) is 13.1 Å². The first-order valence-corrected chi connectivity index (χ1v) is 7.42. The van der Waals surface area contributed by atoms with Gasteiger partial charge in [0.25, 0.3) is 0 Å². The first-order chi connectivity index (χ1) is 11.2. The number of carboxylic acid groups (broad SMARTS) is 1. The van der Waals surface area contributed by atoms with E-state index >= 15 is 0 Å². The summed E-state index contributed by atoms with van der Waals surface area (Å²) in [6, 6.07) is 8.09. The topological polar surface area (TPSA) is 113 Å². The minimum atomic E-state index is -1.04. The molecule has 7 heteroatoms. The van der Waals surface area contributed by atoms with Crippen molar-refractivity contribution in [1.82, 2.24) is 0 Å². The molecule has 1 fully saturated rings. The highest BCUT2D eigenvalue weighted by atomic mass is 16.4. The number of hydrazone groups is 1. The zero-order valence-corrected chi connectivity index (χ0v) is 12.6. The molecule has 1 aromatic carbocycles. The fourth-order valence-corrected chi connectivity index (χ4v) is 2.54. The van der Waals surface area contributed by atoms with Gasteiger partial charge in [0.2, 0.25) is 5.71 Å². The summed E-state index contributed by atoms with van der Waals surface area (Å²) >= 11 is 0. The molecule has 2 rings (SSSR count). The lowest BCUT2D eigenvalue weighted by atomic mass is 10.1. The molecule has 0 unspecified atom stereocenters. The average Bonchev–Trinajstić information content (AvgIpc) is 2.84. The highest BCUT2D eigenvalue weighted by Gasteiger charge is 2.16. The summed E-state index contributed by atoms with van der Waals surface area (Å²) in [5.74, 6) is -1.04. The average molecular weight is 311 g/mol. The predicted octanol–water partition coefficient (Wildman–Crippen LogP) is 2.58. The van der Waals surface area contributed by atoms with E-state index in [1.54, 1.807) is 24.3 Å². The number of nitriles is 2. The fourth-order valence-electron chi connectivity index (χ4n) is 2.54. The molecule has 0 aromatic heterocycles. The maximum atomic E-state index is 11.2. The maximum absolute atomic E-state index is 11.2. The number of nitrogens with zero attached hydrogens (tertiary/aromatic N) is 4. The highest BCUT2D eigenvalue weighted by molar-refractivity contribution is 6.10. The number of carboxylic acids is 1. The molecular formula is C16H17N5O2. The molecule has 1 saturated heterocycles. The number of nitrogens with one attached hydrogen (secondary N) is 1. The molecule has 0 amide bonds. The Morgan fingerprint density at radius 2 is 1.83 bits per heavy atom. The molecule has 1 aromatic rings. The predicted molar refractivity (Wildman–Crippen MR) is 86.4 cm³/mol. The Morgan fingerprint density at radius 1 is 1.17 bits per heavy atom. The minimum Gasteiger partial charge on any atom is -0.478 e. The summed E-state index contributed by atoms with van der Waals surface area (Å²) in [4.78, 5) is 13.3. The van der Waals surface area contributed by atoms with E-state index in [2.05, 4.69) is 15.4 Å². The van der Waals surface area contributed by atoms with Crippen molar-refractivity contribution in [2.24, 2.45) is 5.10 Å². The van der Waals surface area contributed by atoms with Gasteiger partial charge in [-0.1, -0.05) is 12.8 Å². The van der Waals surface area contributed by atoms with Gasteiger partial charge >= 0.3 is 5.97 Å². The van der Waals surface area contributed by atoms with Crippen LogP contribution < -0.4 is 10.3 Å². The van der Waals surface area contributed by atoms with Gasteiger partial charge in [-0.3, -0.25) is 5.43 Å². The van der Waals surface area contributed by atoms with Crippen LogP contribution in [0.15, 0.2) is 23.3 Å². The Balaban J connectivity index is 2.36. The maximum Gasteiger partial charge on any atom is 0.335 e. The Kier molecular flexibility index (Phi) is 5.54. The third-order valence-electron chi connectivity index (χ3n) is 3.69. The molecule has 23 heavy (non-hydrogen) atoms. The van der Waals surface area contributed by atoms with Crippen LogP contribution in [0.2, 0.25) is 0 Å². The van der Waals surface area contributed by atoms with E-state index in [1.807, 2.05) is 0 Å². The first-order valence-electron chi connectivity index (χ1n) is 7.42. The van der Waals surface area contributed by atoms with Crippen molar-refractivity contribution in [1.29, 1.82) is 10.5 Å². The van der Waals surface area contributed by atoms with Crippen LogP contribution in [0, 0.1) is 22.7 Å². The smallest absolute Gasteiger partial charge is 0.335 e. The third kappa shape index (κ3) is 4.21. The number of benzene rings is 1. The Morgan fingerprint density at radius 3 is 2.39 bits per heavy atom. The highest BCUT2D eigenvalue weighted by Crippen LogP contribution is 2.29. The third-order valence-corrected chi connectivity index (χ3v) is 3.69. The normalized spacial score (nSPS) is 14.1. The molecule has 118 valence electrons. The molecule has 0 radical (unpaired) electrons. The van der Waals surface area contributed by atoms with Gasteiger partial charge in [-0.15, -0.1) is 0 Å². The lowest BCUT2D eigenvalue weighted by molar-refractivity contribution is 0.0697. The van der Waals surface area contributed by atoms with E-state index in [0.29, 0.717) is 5.69 Å². The van der Waals surface area contributed by atoms with E-state index in [0.717, 1.165) is 31.6 Å². The van der Waals surface area contributed by atoms with Crippen molar-refractivity contribution < 1.29 is 9.90 Å². The zero-order chi connectivity index (χ0) is 16.7. The summed E-state index contributed by atoms with van der Waals surface area (Å²) in [7, 11) is 0. The van der Waals surface area contributed by atoms with Crippen LogP contribution in [0.3, 0.4) is 0 Å². The second-order valence-corrected chi connectivity index (χ2v) is 5.23. The number of aromatic carboxylic acids is 1. The van der Waals surface area contributed by atoms with Crippen molar-refractivity contribution in [3.63, 3.8) is 0 Å². The molecular weight excluding hydrogens is 294 g/mol. The molecule has 0 aliphatic carbocycles. The van der Waals surface area contributed by atoms with E-state index in [1.165, 1.54) is 18.9 Å². The van der Waals surface area contributed by atoms with E-state index in [4.69, 9.17) is 15.6 Å². The zero-order valence-electron chi connectivity index (χ0n) is 12.6. The Bertz CT molecular complexity index is 675. The van der Waals surface area contributed by atoms with Gasteiger partial charge in [0.1, 0.15) is 12.1 Å². The lowest BCUT2D eigenvalue weighted by Crippen LogP contribution is -2.24. The summed E-state index contributed by atoms with van der Waals surface area (Å²) in [6.07, 6.45) is 4.51. The monoisotopic (exact) mass is 311 g/mol. The van der Waals surface area contributed by atoms with Gasteiger partial charge in [-0.2, -0.15) is 15.6 Å². The van der Waals surface area contributed by atoms with E-state index in [-0.39, 0.29) is 11.3 Å². The molecule has 0 spiro atoms. The van der Waals surface area contributed by atoms with Crippen LogP contribution in [0.25, 0.3) is 0 Å². The lowest BCUT2D eigenvalue weighted by Gasteiger charge is -2.25. The van der Waals surface area contributed by atoms with E-state index in [9.17, 15) is 4.79 Å². The van der Waals surface area contributed by atoms with Gasteiger partial charge < -0.3 is 10.0 Å². The van der Waals surface area contributed by atoms with Crippen LogP contribution in [-0.2, 0) is 0 Å². The van der Waals surface area contributed by atoms with Crippen molar-refractivity contribution in [3.05, 3.63) is 23.8 Å². The number of hydrogen-bond acceptors (Lipinski definition) is 6.